The molecule has 2 unspecified atom stereocenters. The van der Waals surface area contributed by atoms with Gasteiger partial charge in [0, 0.05) is 23.4 Å². The Labute approximate surface area is 159 Å². The summed E-state index contributed by atoms with van der Waals surface area (Å²) in [4.78, 5) is 16.5. The van der Waals surface area contributed by atoms with E-state index in [0.717, 1.165) is 11.1 Å². The smallest absolute Gasteiger partial charge is 0.251 e. The molecule has 2 atom stereocenters. The number of carbonyl (C=O) groups excluding carboxylic acids is 1. The number of aromatic nitrogens is 2. The second-order valence-corrected chi connectivity index (χ2v) is 7.97. The maximum absolute atomic E-state index is 13.3. The molecule has 3 aromatic rings. The maximum Gasteiger partial charge on any atom is 0.251 e. The zero-order chi connectivity index (χ0) is 18.8. The van der Waals surface area contributed by atoms with Crippen molar-refractivity contribution in [2.24, 2.45) is 11.8 Å². The largest absolute Gasteiger partial charge is 0.385 e. The van der Waals surface area contributed by atoms with Gasteiger partial charge in [0.25, 0.3) is 5.91 Å². The summed E-state index contributed by atoms with van der Waals surface area (Å²) in [7, 11) is 0. The van der Waals surface area contributed by atoms with E-state index in [-0.39, 0.29) is 23.8 Å². The van der Waals surface area contributed by atoms with Gasteiger partial charge in [-0.3, -0.25) is 4.79 Å². The highest BCUT2D eigenvalue weighted by molar-refractivity contribution is 6.30. The molecule has 2 N–H and O–H groups in total. The van der Waals surface area contributed by atoms with Crippen LogP contribution in [-0.2, 0) is 5.60 Å². The molecule has 2 aromatic heterocycles. The standard InChI is InChI=1S/C20H17ClFN3O2/c21-12-5-16(17-8-23-10-25(17)9-12)20(27)6-14-15(7-20)18(14)24-19(26)11-2-1-3-13(22)4-11/h1-5,8-10,14-15,18,27H,6-7H2,(H,24,26). The Morgan fingerprint density at radius 1 is 1.33 bits per heavy atom. The van der Waals surface area contributed by atoms with Gasteiger partial charge in [-0.2, -0.15) is 0 Å². The molecule has 5 nitrogen and oxygen atoms in total. The molecule has 2 saturated carbocycles. The fourth-order valence-electron chi connectivity index (χ4n) is 4.53. The van der Waals surface area contributed by atoms with Crippen molar-refractivity contribution < 1.29 is 14.3 Å². The molecule has 0 spiro atoms. The highest BCUT2D eigenvalue weighted by atomic mass is 35.5. The molecule has 2 fully saturated rings. The van der Waals surface area contributed by atoms with Crippen LogP contribution in [0.4, 0.5) is 4.39 Å². The molecule has 1 amide bonds. The van der Waals surface area contributed by atoms with E-state index < -0.39 is 11.4 Å². The van der Waals surface area contributed by atoms with Crippen LogP contribution in [0.5, 0.6) is 0 Å². The quantitative estimate of drug-likeness (QED) is 0.727. The molecular formula is C20H17ClFN3O2. The Balaban J connectivity index is 1.33. The van der Waals surface area contributed by atoms with Crippen LogP contribution in [0.15, 0.2) is 49.1 Å². The monoisotopic (exact) mass is 385 g/mol. The second-order valence-electron chi connectivity index (χ2n) is 7.54. The lowest BCUT2D eigenvalue weighted by atomic mass is 9.88. The molecular weight excluding hydrogens is 369 g/mol. The van der Waals surface area contributed by atoms with Crippen molar-refractivity contribution in [1.82, 2.24) is 14.7 Å². The van der Waals surface area contributed by atoms with E-state index >= 15 is 0 Å². The van der Waals surface area contributed by atoms with Crippen LogP contribution < -0.4 is 5.32 Å². The van der Waals surface area contributed by atoms with Crippen molar-refractivity contribution >= 4 is 23.0 Å². The number of nitrogens with one attached hydrogen (secondary N) is 1. The van der Waals surface area contributed by atoms with Crippen molar-refractivity contribution in [2.75, 3.05) is 0 Å². The van der Waals surface area contributed by atoms with Crippen LogP contribution in [0.2, 0.25) is 5.02 Å². The van der Waals surface area contributed by atoms with E-state index in [0.29, 0.717) is 23.4 Å². The van der Waals surface area contributed by atoms with Gasteiger partial charge in [-0.05, 0) is 48.9 Å². The number of aliphatic hydroxyl groups is 1. The van der Waals surface area contributed by atoms with Crippen molar-refractivity contribution in [3.8, 4) is 0 Å². The van der Waals surface area contributed by atoms with E-state index in [1.165, 1.54) is 18.2 Å². The number of carbonyl (C=O) groups is 1. The number of rotatable bonds is 3. The van der Waals surface area contributed by atoms with Crippen LogP contribution in [0, 0.1) is 17.7 Å². The first-order valence-corrected chi connectivity index (χ1v) is 9.23. The van der Waals surface area contributed by atoms with E-state index in [4.69, 9.17) is 11.6 Å². The molecule has 0 radical (unpaired) electrons. The maximum atomic E-state index is 13.3. The number of imidazole rings is 1. The molecule has 2 heterocycles. The second kappa shape index (κ2) is 5.78. The third-order valence-corrected chi connectivity index (χ3v) is 6.06. The highest BCUT2D eigenvalue weighted by Gasteiger charge is 2.62. The first kappa shape index (κ1) is 16.7. The lowest BCUT2D eigenvalue weighted by molar-refractivity contribution is 0.0289. The van der Waals surface area contributed by atoms with Gasteiger partial charge in [0.05, 0.1) is 28.7 Å². The minimum absolute atomic E-state index is 0.0150. The molecule has 2 aliphatic carbocycles. The van der Waals surface area contributed by atoms with E-state index in [1.54, 1.807) is 30.9 Å². The molecule has 0 aliphatic heterocycles. The summed E-state index contributed by atoms with van der Waals surface area (Å²) in [5, 5.41) is 14.8. The highest BCUT2D eigenvalue weighted by Crippen LogP contribution is 2.60. The fourth-order valence-corrected chi connectivity index (χ4v) is 4.75. The van der Waals surface area contributed by atoms with Crippen molar-refractivity contribution in [1.29, 1.82) is 0 Å². The molecule has 0 saturated heterocycles. The first-order valence-electron chi connectivity index (χ1n) is 8.85. The topological polar surface area (TPSA) is 66.6 Å². The average Bonchev–Trinajstić information content (AvgIpc) is 3.01. The van der Waals surface area contributed by atoms with Gasteiger partial charge in [-0.25, -0.2) is 9.37 Å². The van der Waals surface area contributed by atoms with Gasteiger partial charge in [0.1, 0.15) is 5.82 Å². The van der Waals surface area contributed by atoms with Crippen LogP contribution in [0.3, 0.4) is 0 Å². The number of fused-ring (bicyclic) bond motifs is 2. The Hall–Kier alpha value is -2.44. The van der Waals surface area contributed by atoms with Crippen LogP contribution in [-0.4, -0.2) is 26.4 Å². The number of benzene rings is 1. The third-order valence-electron chi connectivity index (χ3n) is 5.85. The van der Waals surface area contributed by atoms with Gasteiger partial charge < -0.3 is 14.8 Å². The number of hydrogen-bond donors (Lipinski definition) is 2. The van der Waals surface area contributed by atoms with Gasteiger partial charge >= 0.3 is 0 Å². The van der Waals surface area contributed by atoms with E-state index in [2.05, 4.69) is 10.3 Å². The molecule has 0 bridgehead atoms. The minimum Gasteiger partial charge on any atom is -0.385 e. The van der Waals surface area contributed by atoms with Gasteiger partial charge in [0.15, 0.2) is 0 Å². The van der Waals surface area contributed by atoms with E-state index in [1.807, 2.05) is 4.40 Å². The normalized spacial score (nSPS) is 28.9. The molecule has 2 aliphatic rings. The predicted octanol–water partition coefficient (Wildman–Crippen LogP) is 3.15. The van der Waals surface area contributed by atoms with Gasteiger partial charge in [0.2, 0.25) is 0 Å². The lowest BCUT2D eigenvalue weighted by Gasteiger charge is -2.27. The number of halogens is 2. The average molecular weight is 386 g/mol. The molecule has 27 heavy (non-hydrogen) atoms. The van der Waals surface area contributed by atoms with Gasteiger partial charge in [-0.15, -0.1) is 0 Å². The zero-order valence-corrected chi connectivity index (χ0v) is 15.0. The SMILES string of the molecule is O=C(NC1C2CC(O)(c3cc(Cl)cn4cncc34)CC21)c1cccc(F)c1. The Bertz CT molecular complexity index is 1050. The van der Waals surface area contributed by atoms with Crippen LogP contribution in [0.25, 0.3) is 5.52 Å². The predicted molar refractivity (Wildman–Crippen MR) is 98.0 cm³/mol. The summed E-state index contributed by atoms with van der Waals surface area (Å²) >= 11 is 6.20. The number of hydrogen-bond acceptors (Lipinski definition) is 3. The summed E-state index contributed by atoms with van der Waals surface area (Å²) in [5.74, 6) is -0.305. The Morgan fingerprint density at radius 3 is 2.85 bits per heavy atom. The third kappa shape index (κ3) is 2.71. The Morgan fingerprint density at radius 2 is 2.11 bits per heavy atom. The summed E-state index contributed by atoms with van der Waals surface area (Å²) in [6, 6.07) is 7.46. The Kier molecular flexibility index (Phi) is 3.58. The van der Waals surface area contributed by atoms with Crippen molar-refractivity contribution in [3.05, 3.63) is 71.0 Å². The summed E-state index contributed by atoms with van der Waals surface area (Å²) in [6.07, 6.45) is 6.23. The van der Waals surface area contributed by atoms with Crippen LogP contribution in [0.1, 0.15) is 28.8 Å². The molecule has 7 heteroatoms. The molecule has 138 valence electrons. The van der Waals surface area contributed by atoms with Crippen molar-refractivity contribution in [2.45, 2.75) is 24.5 Å². The molecule has 1 aromatic carbocycles. The summed E-state index contributed by atoms with van der Waals surface area (Å²) in [5.41, 5.74) is 0.936. The number of nitrogens with zero attached hydrogens (tertiary/aromatic N) is 2. The summed E-state index contributed by atoms with van der Waals surface area (Å²) < 4.78 is 15.1. The zero-order valence-electron chi connectivity index (χ0n) is 14.3. The number of amides is 1. The van der Waals surface area contributed by atoms with Crippen molar-refractivity contribution in [3.63, 3.8) is 0 Å². The van der Waals surface area contributed by atoms with Gasteiger partial charge in [-0.1, -0.05) is 17.7 Å². The lowest BCUT2D eigenvalue weighted by Crippen LogP contribution is -2.33. The van der Waals surface area contributed by atoms with E-state index in [9.17, 15) is 14.3 Å². The molecule has 5 rings (SSSR count). The van der Waals surface area contributed by atoms with Crippen LogP contribution >= 0.6 is 11.6 Å². The number of pyridine rings is 1. The fraction of sp³-hybridized carbons (Fsp3) is 0.300. The summed E-state index contributed by atoms with van der Waals surface area (Å²) in [6.45, 7) is 0. The minimum atomic E-state index is -0.985. The first-order chi connectivity index (χ1) is 12.9.